The molecule has 3 nitrogen and oxygen atoms in total. The molecular formula is C13H19NO2Sn. The monoisotopic (exact) mass is 341 g/mol. The molecule has 2 rings (SSSR count). The topological polar surface area (TPSA) is 41.8 Å². The van der Waals surface area contributed by atoms with Crippen LogP contribution in [0.2, 0.25) is 14.8 Å². The molecule has 0 bridgehead atoms. The van der Waals surface area contributed by atoms with E-state index in [1.807, 2.05) is 0 Å². The van der Waals surface area contributed by atoms with Gasteiger partial charge >= 0.3 is 107 Å². The molecule has 0 saturated heterocycles. The maximum absolute atomic E-state index is 8.99. The van der Waals surface area contributed by atoms with Crippen LogP contribution in [0.15, 0.2) is 29.4 Å². The first-order valence-electron chi connectivity index (χ1n) is 5.95. The zero-order chi connectivity index (χ0) is 12.5. The first-order chi connectivity index (χ1) is 8.00. The predicted octanol–water partition coefficient (Wildman–Crippen LogP) is 1.72. The summed E-state index contributed by atoms with van der Waals surface area (Å²) in [6, 6.07) is 8.69. The van der Waals surface area contributed by atoms with E-state index in [0.29, 0.717) is 6.42 Å². The van der Waals surface area contributed by atoms with Crippen molar-refractivity contribution in [1.29, 1.82) is 0 Å². The van der Waals surface area contributed by atoms with E-state index in [1.165, 1.54) is 3.58 Å². The maximum atomic E-state index is 8.99. The fourth-order valence-electron chi connectivity index (χ4n) is 1.86. The first-order valence-corrected chi connectivity index (χ1v) is 15.9. The van der Waals surface area contributed by atoms with Gasteiger partial charge < -0.3 is 0 Å². The molecule has 92 valence electrons. The number of benzene rings is 1. The van der Waals surface area contributed by atoms with Crippen molar-refractivity contribution >= 4 is 27.7 Å². The summed E-state index contributed by atoms with van der Waals surface area (Å²) in [5.41, 5.74) is 2.06. The molecule has 4 heteroatoms. The summed E-state index contributed by atoms with van der Waals surface area (Å²) in [5.74, 6) is 0. The van der Waals surface area contributed by atoms with E-state index in [2.05, 4.69) is 44.2 Å². The minimum absolute atomic E-state index is 0.0313. The van der Waals surface area contributed by atoms with Gasteiger partial charge in [-0.05, 0) is 0 Å². The summed E-state index contributed by atoms with van der Waals surface area (Å²) >= 11 is -1.94. The van der Waals surface area contributed by atoms with Gasteiger partial charge in [-0.1, -0.05) is 0 Å². The fourth-order valence-corrected chi connectivity index (χ4v) is 5.19. The van der Waals surface area contributed by atoms with Gasteiger partial charge in [-0.15, -0.1) is 0 Å². The molecule has 17 heavy (non-hydrogen) atoms. The van der Waals surface area contributed by atoms with Crippen LogP contribution in [0.5, 0.6) is 0 Å². The average Bonchev–Trinajstić information content (AvgIpc) is 2.76. The average molecular weight is 340 g/mol. The molecule has 1 aliphatic heterocycles. The van der Waals surface area contributed by atoms with Crippen molar-refractivity contribution in [3.63, 3.8) is 0 Å². The van der Waals surface area contributed by atoms with E-state index in [4.69, 9.17) is 9.94 Å². The van der Waals surface area contributed by atoms with Gasteiger partial charge in [0.25, 0.3) is 0 Å². The molecular weight excluding hydrogens is 321 g/mol. The quantitative estimate of drug-likeness (QED) is 0.852. The van der Waals surface area contributed by atoms with E-state index in [9.17, 15) is 0 Å². The van der Waals surface area contributed by atoms with Gasteiger partial charge in [0, 0.05) is 0 Å². The van der Waals surface area contributed by atoms with Crippen molar-refractivity contribution in [2.75, 3.05) is 6.61 Å². The summed E-state index contributed by atoms with van der Waals surface area (Å²) in [6.45, 7) is 0.0313. The first kappa shape index (κ1) is 12.9. The summed E-state index contributed by atoms with van der Waals surface area (Å²) in [7, 11) is 0. The Morgan fingerprint density at radius 2 is 1.94 bits per heavy atom. The third-order valence-electron chi connectivity index (χ3n) is 3.02. The van der Waals surface area contributed by atoms with Crippen LogP contribution in [0, 0.1) is 0 Å². The number of aliphatic hydroxyl groups excluding tert-OH is 1. The Morgan fingerprint density at radius 3 is 2.41 bits per heavy atom. The summed E-state index contributed by atoms with van der Waals surface area (Å²) < 4.78 is 1.52. The zero-order valence-corrected chi connectivity index (χ0v) is 13.5. The van der Waals surface area contributed by atoms with Crippen molar-refractivity contribution in [1.82, 2.24) is 0 Å². The number of aliphatic hydroxyl groups is 1. The van der Waals surface area contributed by atoms with Crippen molar-refractivity contribution in [3.8, 4) is 0 Å². The van der Waals surface area contributed by atoms with Crippen molar-refractivity contribution in [2.45, 2.75) is 27.3 Å². The van der Waals surface area contributed by atoms with Crippen LogP contribution in [0.3, 0.4) is 0 Å². The molecule has 0 unspecified atom stereocenters. The fraction of sp³-hybridized carbons (Fsp3) is 0.462. The molecule has 0 spiro atoms. The summed E-state index contributed by atoms with van der Waals surface area (Å²) in [4.78, 5) is 12.3. The van der Waals surface area contributed by atoms with Crippen LogP contribution in [-0.4, -0.2) is 41.9 Å². The van der Waals surface area contributed by atoms with Gasteiger partial charge in [0.05, 0.1) is 0 Å². The SMILES string of the molecule is [CH3][Sn]([CH3])([CH3])[c]1ccc(C2=NO[C@@H](CO)C2)cc1. The van der Waals surface area contributed by atoms with Crippen molar-refractivity contribution < 1.29 is 9.94 Å². The Balaban J connectivity index is 2.14. The predicted molar refractivity (Wildman–Crippen MR) is 72.5 cm³/mol. The molecule has 1 atom stereocenters. The van der Waals surface area contributed by atoms with Gasteiger partial charge in [0.1, 0.15) is 0 Å². The third-order valence-corrected chi connectivity index (χ3v) is 8.92. The van der Waals surface area contributed by atoms with Gasteiger partial charge in [-0.3, -0.25) is 0 Å². The summed E-state index contributed by atoms with van der Waals surface area (Å²) in [5, 5.41) is 13.0. The van der Waals surface area contributed by atoms with Gasteiger partial charge in [0.15, 0.2) is 0 Å². The van der Waals surface area contributed by atoms with Gasteiger partial charge in [0.2, 0.25) is 0 Å². The molecule has 1 aromatic carbocycles. The Morgan fingerprint density at radius 1 is 1.29 bits per heavy atom. The van der Waals surface area contributed by atoms with Crippen LogP contribution in [0.1, 0.15) is 12.0 Å². The molecule has 0 radical (unpaired) electrons. The number of nitrogens with zero attached hydrogens (tertiary/aromatic N) is 1. The molecule has 1 aliphatic rings. The Labute approximate surface area is 106 Å². The van der Waals surface area contributed by atoms with Crippen molar-refractivity contribution in [2.24, 2.45) is 5.16 Å². The minimum atomic E-state index is -1.94. The van der Waals surface area contributed by atoms with Crippen LogP contribution in [-0.2, 0) is 4.84 Å². The normalized spacial score (nSPS) is 20.0. The van der Waals surface area contributed by atoms with Gasteiger partial charge in [-0.25, -0.2) is 0 Å². The standard InChI is InChI=1S/C10H10NO2.3CH3.Sn/c12-7-9-6-10(11-13-9)8-4-2-1-3-5-8;;;;/h2-5,9,12H,6-7H2;3*1H3;/t9-;;;;/m1..../s1. The second-order valence-electron chi connectivity index (χ2n) is 5.48. The summed E-state index contributed by atoms with van der Waals surface area (Å²) in [6.07, 6.45) is 0.542. The molecule has 0 aliphatic carbocycles. The molecule has 1 aromatic rings. The molecule has 0 fully saturated rings. The van der Waals surface area contributed by atoms with Gasteiger partial charge in [-0.2, -0.15) is 0 Å². The molecule has 0 aromatic heterocycles. The Bertz CT molecular complexity index is 420. The number of oxime groups is 1. The number of hydrogen-bond acceptors (Lipinski definition) is 3. The Hall–Kier alpha value is -0.551. The van der Waals surface area contributed by atoms with E-state index in [-0.39, 0.29) is 12.7 Å². The van der Waals surface area contributed by atoms with E-state index in [0.717, 1.165) is 11.3 Å². The van der Waals surface area contributed by atoms with E-state index in [1.54, 1.807) is 0 Å². The second-order valence-corrected chi connectivity index (χ2v) is 20.0. The second kappa shape index (κ2) is 4.98. The molecule has 0 saturated carbocycles. The molecule has 1 N–H and O–H groups in total. The van der Waals surface area contributed by atoms with Crippen LogP contribution < -0.4 is 3.58 Å². The molecule has 0 amide bonds. The molecule has 1 heterocycles. The number of hydrogen-bond donors (Lipinski definition) is 1. The van der Waals surface area contributed by atoms with Crippen LogP contribution >= 0.6 is 0 Å². The third kappa shape index (κ3) is 3.01. The van der Waals surface area contributed by atoms with Crippen molar-refractivity contribution in [3.05, 3.63) is 29.8 Å². The number of rotatable bonds is 3. The zero-order valence-electron chi connectivity index (χ0n) is 10.6. The van der Waals surface area contributed by atoms with Crippen LogP contribution in [0.25, 0.3) is 0 Å². The van der Waals surface area contributed by atoms with E-state index < -0.39 is 18.4 Å². The Kier molecular flexibility index (Phi) is 3.78. The van der Waals surface area contributed by atoms with Crippen LogP contribution in [0.4, 0.5) is 0 Å². The van der Waals surface area contributed by atoms with E-state index >= 15 is 0 Å².